The van der Waals surface area contributed by atoms with Gasteiger partial charge in [0.15, 0.2) is 5.82 Å². The molecule has 4 aromatic rings. The standard InChI is InChI=1S/C17H13F3N6O2S/c1-25-16-11(9-23-25)3-2-4-13(16)24-29(27,28)12-5-6-15(21-10-12)26-14(7-8-22-26)17(18,19)20/h2-10,24H,1H3. The first-order chi connectivity index (χ1) is 13.7. The number of fused-ring (bicyclic) bond motifs is 1. The maximum atomic E-state index is 13.0. The number of alkyl halides is 3. The average molecular weight is 422 g/mol. The molecule has 1 N–H and O–H groups in total. The molecule has 3 heterocycles. The molecular weight excluding hydrogens is 409 g/mol. The maximum absolute atomic E-state index is 13.0. The highest BCUT2D eigenvalue weighted by Gasteiger charge is 2.35. The minimum atomic E-state index is -4.62. The third-order valence-electron chi connectivity index (χ3n) is 4.19. The van der Waals surface area contributed by atoms with E-state index in [1.165, 1.54) is 4.68 Å². The van der Waals surface area contributed by atoms with E-state index in [-0.39, 0.29) is 10.7 Å². The summed E-state index contributed by atoms with van der Waals surface area (Å²) in [5, 5.41) is 8.45. The lowest BCUT2D eigenvalue weighted by atomic mass is 10.2. The lowest BCUT2D eigenvalue weighted by Crippen LogP contribution is -2.16. The summed E-state index contributed by atoms with van der Waals surface area (Å²) in [7, 11) is -2.35. The predicted octanol–water partition coefficient (Wildman–Crippen LogP) is 2.97. The Kier molecular flexibility index (Phi) is 4.30. The van der Waals surface area contributed by atoms with Crippen LogP contribution in [-0.4, -0.2) is 33.0 Å². The van der Waals surface area contributed by atoms with Crippen LogP contribution in [0.5, 0.6) is 0 Å². The van der Waals surface area contributed by atoms with Crippen molar-refractivity contribution in [1.82, 2.24) is 24.5 Å². The molecule has 29 heavy (non-hydrogen) atoms. The van der Waals surface area contributed by atoms with Gasteiger partial charge in [-0.3, -0.25) is 9.40 Å². The van der Waals surface area contributed by atoms with Gasteiger partial charge in [-0.15, -0.1) is 0 Å². The van der Waals surface area contributed by atoms with Crippen LogP contribution in [0, 0.1) is 0 Å². The van der Waals surface area contributed by atoms with Crippen molar-refractivity contribution in [2.24, 2.45) is 7.05 Å². The quantitative estimate of drug-likeness (QED) is 0.546. The fraction of sp³-hybridized carbons (Fsp3) is 0.118. The Hall–Kier alpha value is -3.41. The van der Waals surface area contributed by atoms with Crippen LogP contribution in [0.4, 0.5) is 18.9 Å². The molecule has 0 aliphatic heterocycles. The highest BCUT2D eigenvalue weighted by Crippen LogP contribution is 2.30. The zero-order valence-corrected chi connectivity index (χ0v) is 15.6. The number of pyridine rings is 1. The molecule has 3 aromatic heterocycles. The highest BCUT2D eigenvalue weighted by atomic mass is 32.2. The second-order valence-electron chi connectivity index (χ2n) is 6.10. The summed E-state index contributed by atoms with van der Waals surface area (Å²) in [6.45, 7) is 0. The topological polar surface area (TPSA) is 94.7 Å². The number of sulfonamides is 1. The minimum absolute atomic E-state index is 0.157. The van der Waals surface area contributed by atoms with Crippen molar-refractivity contribution >= 4 is 26.6 Å². The summed E-state index contributed by atoms with van der Waals surface area (Å²) in [5.74, 6) is -0.157. The van der Waals surface area contributed by atoms with E-state index in [4.69, 9.17) is 0 Å². The molecule has 150 valence electrons. The Bertz CT molecular complexity index is 1290. The molecular formula is C17H13F3N6O2S. The van der Waals surface area contributed by atoms with Gasteiger partial charge in [0.1, 0.15) is 10.6 Å². The van der Waals surface area contributed by atoms with Crippen molar-refractivity contribution in [3.8, 4) is 5.82 Å². The van der Waals surface area contributed by atoms with E-state index >= 15 is 0 Å². The van der Waals surface area contributed by atoms with Gasteiger partial charge in [0.25, 0.3) is 10.0 Å². The molecule has 0 radical (unpaired) electrons. The molecule has 0 fully saturated rings. The van der Waals surface area contributed by atoms with E-state index in [0.717, 1.165) is 36.0 Å². The number of nitrogens with one attached hydrogen (secondary N) is 1. The Labute approximate surface area is 162 Å². The SMILES string of the molecule is Cn1ncc2cccc(NS(=O)(=O)c3ccc(-n4nccc4C(F)(F)F)nc3)c21. The normalized spacial score (nSPS) is 12.4. The molecule has 0 spiro atoms. The second kappa shape index (κ2) is 6.58. The Morgan fingerprint density at radius 1 is 1.03 bits per heavy atom. The number of anilines is 1. The Morgan fingerprint density at radius 3 is 2.52 bits per heavy atom. The number of hydrogen-bond donors (Lipinski definition) is 1. The summed E-state index contributed by atoms with van der Waals surface area (Å²) >= 11 is 0. The number of rotatable bonds is 4. The zero-order valence-electron chi connectivity index (χ0n) is 14.8. The fourth-order valence-electron chi connectivity index (χ4n) is 2.88. The summed E-state index contributed by atoms with van der Waals surface area (Å²) < 4.78 is 69.1. The number of para-hydroxylation sites is 1. The maximum Gasteiger partial charge on any atom is 0.433 e. The van der Waals surface area contributed by atoms with Gasteiger partial charge < -0.3 is 0 Å². The minimum Gasteiger partial charge on any atom is -0.277 e. The average Bonchev–Trinajstić information content (AvgIpc) is 3.29. The highest BCUT2D eigenvalue weighted by molar-refractivity contribution is 7.92. The molecule has 0 unspecified atom stereocenters. The molecule has 0 saturated carbocycles. The first-order valence-electron chi connectivity index (χ1n) is 8.18. The molecule has 0 amide bonds. The van der Waals surface area contributed by atoms with Crippen molar-refractivity contribution in [3.63, 3.8) is 0 Å². The zero-order chi connectivity index (χ0) is 20.8. The Balaban J connectivity index is 1.67. The van der Waals surface area contributed by atoms with Crippen molar-refractivity contribution < 1.29 is 21.6 Å². The van der Waals surface area contributed by atoms with Gasteiger partial charge >= 0.3 is 6.18 Å². The number of nitrogens with zero attached hydrogens (tertiary/aromatic N) is 5. The molecule has 0 saturated heterocycles. The van der Waals surface area contributed by atoms with Crippen LogP contribution < -0.4 is 4.72 Å². The van der Waals surface area contributed by atoms with E-state index in [2.05, 4.69) is 19.9 Å². The summed E-state index contributed by atoms with van der Waals surface area (Å²) in [4.78, 5) is 3.63. The van der Waals surface area contributed by atoms with Crippen LogP contribution in [0.25, 0.3) is 16.7 Å². The summed E-state index contributed by atoms with van der Waals surface area (Å²) in [6, 6.07) is 8.18. The molecule has 4 rings (SSSR count). The third-order valence-corrected chi connectivity index (χ3v) is 5.54. The third kappa shape index (κ3) is 3.42. The van der Waals surface area contributed by atoms with E-state index in [1.54, 1.807) is 31.4 Å². The van der Waals surface area contributed by atoms with Gasteiger partial charge in [-0.05, 0) is 24.3 Å². The van der Waals surface area contributed by atoms with E-state index in [9.17, 15) is 21.6 Å². The van der Waals surface area contributed by atoms with Gasteiger partial charge in [0, 0.05) is 18.6 Å². The van der Waals surface area contributed by atoms with E-state index in [1.807, 2.05) is 0 Å². The number of halogens is 3. The first-order valence-corrected chi connectivity index (χ1v) is 9.66. The van der Waals surface area contributed by atoms with Crippen molar-refractivity contribution in [2.45, 2.75) is 11.1 Å². The van der Waals surface area contributed by atoms with Crippen LogP contribution in [-0.2, 0) is 23.2 Å². The Morgan fingerprint density at radius 2 is 1.83 bits per heavy atom. The van der Waals surface area contributed by atoms with Crippen molar-refractivity contribution in [2.75, 3.05) is 4.72 Å². The molecule has 0 bridgehead atoms. The van der Waals surface area contributed by atoms with E-state index in [0.29, 0.717) is 15.9 Å². The van der Waals surface area contributed by atoms with Crippen molar-refractivity contribution in [3.05, 3.63) is 60.7 Å². The number of hydrogen-bond acceptors (Lipinski definition) is 5. The predicted molar refractivity (Wildman–Crippen MR) is 97.9 cm³/mol. The van der Waals surface area contributed by atoms with Crippen LogP contribution in [0.15, 0.2) is 59.9 Å². The lowest BCUT2D eigenvalue weighted by molar-refractivity contribution is -0.142. The van der Waals surface area contributed by atoms with Gasteiger partial charge in [-0.1, -0.05) is 12.1 Å². The first kappa shape index (κ1) is 18.9. The molecule has 0 aliphatic carbocycles. The molecule has 0 atom stereocenters. The van der Waals surface area contributed by atoms with Crippen LogP contribution in [0.3, 0.4) is 0 Å². The smallest absolute Gasteiger partial charge is 0.277 e. The summed E-state index contributed by atoms with van der Waals surface area (Å²) in [6.07, 6.45) is -1.05. The molecule has 12 heteroatoms. The molecule has 0 aliphatic rings. The largest absolute Gasteiger partial charge is 0.433 e. The number of benzene rings is 1. The number of aromatic nitrogens is 5. The van der Waals surface area contributed by atoms with E-state index < -0.39 is 21.9 Å². The van der Waals surface area contributed by atoms with Crippen LogP contribution >= 0.6 is 0 Å². The van der Waals surface area contributed by atoms with Gasteiger partial charge in [-0.25, -0.2) is 18.1 Å². The summed E-state index contributed by atoms with van der Waals surface area (Å²) in [5.41, 5.74) is -0.105. The fourth-order valence-corrected chi connectivity index (χ4v) is 3.89. The number of aryl methyl sites for hydroxylation is 1. The lowest BCUT2D eigenvalue weighted by Gasteiger charge is -2.12. The monoisotopic (exact) mass is 422 g/mol. The van der Waals surface area contributed by atoms with Crippen LogP contribution in [0.2, 0.25) is 0 Å². The van der Waals surface area contributed by atoms with Gasteiger partial charge in [-0.2, -0.15) is 23.4 Å². The second-order valence-corrected chi connectivity index (χ2v) is 7.78. The van der Waals surface area contributed by atoms with Gasteiger partial charge in [0.05, 0.1) is 23.6 Å². The molecule has 1 aromatic carbocycles. The van der Waals surface area contributed by atoms with Crippen LogP contribution in [0.1, 0.15) is 5.69 Å². The molecule has 8 nitrogen and oxygen atoms in total. The van der Waals surface area contributed by atoms with Crippen molar-refractivity contribution in [1.29, 1.82) is 0 Å². The van der Waals surface area contributed by atoms with Gasteiger partial charge in [0.2, 0.25) is 0 Å².